The highest BCUT2D eigenvalue weighted by Gasteiger charge is 2.26. The highest BCUT2D eigenvalue weighted by atomic mass is 16.5. The van der Waals surface area contributed by atoms with E-state index in [0.29, 0.717) is 11.8 Å². The van der Waals surface area contributed by atoms with E-state index in [1.807, 2.05) is 0 Å². The van der Waals surface area contributed by atoms with Gasteiger partial charge in [0.25, 0.3) is 0 Å². The third-order valence-corrected chi connectivity index (χ3v) is 5.22. The average molecular weight is 303 g/mol. The number of likely N-dealkylation sites (N-methyl/N-ethyl adjacent to an activating group) is 1. The molecular weight excluding hydrogens is 274 g/mol. The predicted octanol–water partition coefficient (Wildman–Crippen LogP) is 2.85. The molecule has 0 N–H and O–H groups in total. The maximum atomic E-state index is 5.62. The first kappa shape index (κ1) is 15.8. The molecule has 0 aromatic carbocycles. The van der Waals surface area contributed by atoms with Crippen LogP contribution in [-0.2, 0) is 4.74 Å². The van der Waals surface area contributed by atoms with E-state index in [2.05, 4.69) is 42.8 Å². The number of piperazine rings is 1. The SMILES string of the molecule is CCC(C)c1ccc(C2CCOC2)c(N2CCN(C)CC2)n1. The summed E-state index contributed by atoms with van der Waals surface area (Å²) in [5, 5.41) is 0. The summed E-state index contributed by atoms with van der Waals surface area (Å²) in [6.07, 6.45) is 2.27. The van der Waals surface area contributed by atoms with Gasteiger partial charge in [0.05, 0.1) is 6.61 Å². The molecule has 122 valence electrons. The second-order valence-corrected chi connectivity index (χ2v) is 6.81. The van der Waals surface area contributed by atoms with Crippen LogP contribution in [0.3, 0.4) is 0 Å². The van der Waals surface area contributed by atoms with Crippen LogP contribution in [0.25, 0.3) is 0 Å². The number of hydrogen-bond acceptors (Lipinski definition) is 4. The minimum Gasteiger partial charge on any atom is -0.381 e. The summed E-state index contributed by atoms with van der Waals surface area (Å²) in [5.41, 5.74) is 2.63. The molecule has 4 heteroatoms. The monoisotopic (exact) mass is 303 g/mol. The molecule has 2 aliphatic heterocycles. The van der Waals surface area contributed by atoms with Crippen molar-refractivity contribution in [1.29, 1.82) is 0 Å². The lowest BCUT2D eigenvalue weighted by Gasteiger charge is -2.35. The van der Waals surface area contributed by atoms with Gasteiger partial charge in [-0.15, -0.1) is 0 Å². The number of anilines is 1. The smallest absolute Gasteiger partial charge is 0.132 e. The normalized spacial score (nSPS) is 24.7. The second kappa shape index (κ2) is 6.97. The summed E-state index contributed by atoms with van der Waals surface area (Å²) < 4.78 is 5.62. The third kappa shape index (κ3) is 3.28. The Bertz CT molecular complexity index is 491. The summed E-state index contributed by atoms with van der Waals surface area (Å²) in [6, 6.07) is 4.56. The van der Waals surface area contributed by atoms with Crippen LogP contribution in [0, 0.1) is 0 Å². The number of nitrogens with zero attached hydrogens (tertiary/aromatic N) is 3. The topological polar surface area (TPSA) is 28.6 Å². The minimum absolute atomic E-state index is 0.521. The molecule has 2 fully saturated rings. The quantitative estimate of drug-likeness (QED) is 0.855. The summed E-state index contributed by atoms with van der Waals surface area (Å²) in [5.74, 6) is 2.27. The van der Waals surface area contributed by atoms with Gasteiger partial charge < -0.3 is 14.5 Å². The van der Waals surface area contributed by atoms with Gasteiger partial charge >= 0.3 is 0 Å². The van der Waals surface area contributed by atoms with Crippen LogP contribution in [-0.4, -0.2) is 56.3 Å². The highest BCUT2D eigenvalue weighted by Crippen LogP contribution is 2.34. The average Bonchev–Trinajstić information content (AvgIpc) is 3.08. The van der Waals surface area contributed by atoms with Crippen LogP contribution in [0.4, 0.5) is 5.82 Å². The van der Waals surface area contributed by atoms with Gasteiger partial charge in [-0.25, -0.2) is 4.98 Å². The Morgan fingerprint density at radius 2 is 2.05 bits per heavy atom. The van der Waals surface area contributed by atoms with E-state index in [1.165, 1.54) is 17.1 Å². The Balaban J connectivity index is 1.91. The molecule has 2 atom stereocenters. The molecule has 0 spiro atoms. The summed E-state index contributed by atoms with van der Waals surface area (Å²) in [6.45, 7) is 10.6. The van der Waals surface area contributed by atoms with Crippen LogP contribution in [0.5, 0.6) is 0 Å². The molecule has 0 radical (unpaired) electrons. The van der Waals surface area contributed by atoms with E-state index < -0.39 is 0 Å². The van der Waals surface area contributed by atoms with E-state index in [-0.39, 0.29) is 0 Å². The van der Waals surface area contributed by atoms with Crippen molar-refractivity contribution in [2.45, 2.75) is 38.5 Å². The first-order valence-electron chi connectivity index (χ1n) is 8.71. The molecule has 2 saturated heterocycles. The highest BCUT2D eigenvalue weighted by molar-refractivity contribution is 5.51. The number of ether oxygens (including phenoxy) is 1. The molecule has 0 aliphatic carbocycles. The molecule has 2 aliphatic rings. The van der Waals surface area contributed by atoms with Crippen molar-refractivity contribution in [3.63, 3.8) is 0 Å². The van der Waals surface area contributed by atoms with Crippen LogP contribution in [0.2, 0.25) is 0 Å². The molecule has 0 saturated carbocycles. The molecule has 1 aromatic heterocycles. The Hall–Kier alpha value is -1.13. The fraction of sp³-hybridized carbons (Fsp3) is 0.722. The van der Waals surface area contributed by atoms with Gasteiger partial charge in [0.15, 0.2) is 0 Å². The zero-order chi connectivity index (χ0) is 15.5. The predicted molar refractivity (Wildman–Crippen MR) is 90.8 cm³/mol. The van der Waals surface area contributed by atoms with Gasteiger partial charge in [0.2, 0.25) is 0 Å². The van der Waals surface area contributed by atoms with Crippen molar-refractivity contribution in [3.8, 4) is 0 Å². The molecule has 2 unspecified atom stereocenters. The van der Waals surface area contributed by atoms with Crippen LogP contribution in [0.15, 0.2) is 12.1 Å². The zero-order valence-corrected chi connectivity index (χ0v) is 14.2. The second-order valence-electron chi connectivity index (χ2n) is 6.81. The number of hydrogen-bond donors (Lipinski definition) is 0. The van der Waals surface area contributed by atoms with Crippen molar-refractivity contribution in [3.05, 3.63) is 23.4 Å². The maximum absolute atomic E-state index is 5.62. The van der Waals surface area contributed by atoms with E-state index in [9.17, 15) is 0 Å². The number of aromatic nitrogens is 1. The lowest BCUT2D eigenvalue weighted by molar-refractivity contribution is 0.194. The zero-order valence-electron chi connectivity index (χ0n) is 14.2. The van der Waals surface area contributed by atoms with Crippen molar-refractivity contribution in [2.24, 2.45) is 0 Å². The van der Waals surface area contributed by atoms with E-state index in [1.54, 1.807) is 0 Å². The Morgan fingerprint density at radius 3 is 2.68 bits per heavy atom. The Kier molecular flexibility index (Phi) is 4.99. The third-order valence-electron chi connectivity index (χ3n) is 5.22. The first-order chi connectivity index (χ1) is 10.7. The fourth-order valence-electron chi connectivity index (χ4n) is 3.33. The number of pyridine rings is 1. The van der Waals surface area contributed by atoms with Gasteiger partial charge in [0.1, 0.15) is 5.82 Å². The molecular formula is C18H29N3O. The van der Waals surface area contributed by atoms with Crippen molar-refractivity contribution in [1.82, 2.24) is 9.88 Å². The molecule has 3 rings (SSSR count). The molecule has 0 bridgehead atoms. The van der Waals surface area contributed by atoms with Crippen molar-refractivity contribution < 1.29 is 4.74 Å². The van der Waals surface area contributed by atoms with Crippen molar-refractivity contribution in [2.75, 3.05) is 51.3 Å². The summed E-state index contributed by atoms with van der Waals surface area (Å²) in [7, 11) is 2.20. The Labute approximate surface area is 134 Å². The van der Waals surface area contributed by atoms with Gasteiger partial charge in [-0.2, -0.15) is 0 Å². The van der Waals surface area contributed by atoms with E-state index in [4.69, 9.17) is 9.72 Å². The lowest BCUT2D eigenvalue weighted by atomic mass is 9.96. The van der Waals surface area contributed by atoms with Crippen LogP contribution in [0.1, 0.15) is 49.8 Å². The standard InChI is InChI=1S/C18H29N3O/c1-4-14(2)17-6-5-16(15-7-12-22-13-15)18(19-17)21-10-8-20(3)9-11-21/h5-6,14-15H,4,7-13H2,1-3H3. The van der Waals surface area contributed by atoms with Crippen molar-refractivity contribution >= 4 is 5.82 Å². The van der Waals surface area contributed by atoms with E-state index in [0.717, 1.165) is 52.2 Å². The van der Waals surface area contributed by atoms with Crippen LogP contribution < -0.4 is 4.90 Å². The molecule has 4 nitrogen and oxygen atoms in total. The molecule has 22 heavy (non-hydrogen) atoms. The Morgan fingerprint density at radius 1 is 1.27 bits per heavy atom. The van der Waals surface area contributed by atoms with Gasteiger partial charge in [-0.1, -0.05) is 19.9 Å². The largest absolute Gasteiger partial charge is 0.381 e. The fourth-order valence-corrected chi connectivity index (χ4v) is 3.33. The van der Waals surface area contributed by atoms with Crippen LogP contribution >= 0.6 is 0 Å². The summed E-state index contributed by atoms with van der Waals surface area (Å²) >= 11 is 0. The molecule has 3 heterocycles. The number of rotatable bonds is 4. The first-order valence-corrected chi connectivity index (χ1v) is 8.71. The maximum Gasteiger partial charge on any atom is 0.132 e. The van der Waals surface area contributed by atoms with Gasteiger partial charge in [-0.05, 0) is 31.9 Å². The van der Waals surface area contributed by atoms with E-state index >= 15 is 0 Å². The summed E-state index contributed by atoms with van der Waals surface area (Å²) in [4.78, 5) is 9.97. The van der Waals surface area contributed by atoms with Gasteiger partial charge in [-0.3, -0.25) is 0 Å². The molecule has 0 amide bonds. The lowest BCUT2D eigenvalue weighted by Crippen LogP contribution is -2.45. The molecule has 1 aromatic rings. The van der Waals surface area contributed by atoms with Gasteiger partial charge in [0, 0.05) is 50.0 Å². The minimum atomic E-state index is 0.521.